The van der Waals surface area contributed by atoms with Crippen molar-refractivity contribution < 1.29 is 31.8 Å². The number of halogens is 1. The first-order chi connectivity index (χ1) is 22.4. The van der Waals surface area contributed by atoms with Gasteiger partial charge in [0.1, 0.15) is 17.9 Å². The Labute approximate surface area is 276 Å². The van der Waals surface area contributed by atoms with Crippen molar-refractivity contribution in [1.82, 2.24) is 28.8 Å². The van der Waals surface area contributed by atoms with Gasteiger partial charge >= 0.3 is 0 Å². The summed E-state index contributed by atoms with van der Waals surface area (Å²) in [7, 11) is -0.441. The van der Waals surface area contributed by atoms with Gasteiger partial charge in [-0.25, -0.2) is 14.4 Å². The highest BCUT2D eigenvalue weighted by Crippen LogP contribution is 2.45. The van der Waals surface area contributed by atoms with E-state index in [0.29, 0.717) is 31.4 Å². The monoisotopic (exact) mass is 675 g/mol. The first-order valence-corrected chi connectivity index (χ1v) is 17.8. The molecule has 1 aromatic heterocycles. The Kier molecular flexibility index (Phi) is 10.0. The van der Waals surface area contributed by atoms with Gasteiger partial charge in [0, 0.05) is 45.2 Å². The number of carbonyl (C=O) groups is 1. The first-order valence-electron chi connectivity index (χ1n) is 16.4. The number of anilines is 1. The minimum absolute atomic E-state index is 0.0979. The van der Waals surface area contributed by atoms with E-state index in [0.717, 1.165) is 58.4 Å². The van der Waals surface area contributed by atoms with Gasteiger partial charge in [0.2, 0.25) is 0 Å². The molecule has 1 N–H and O–H groups in total. The zero-order valence-electron chi connectivity index (χ0n) is 27.6. The van der Waals surface area contributed by atoms with Crippen LogP contribution in [0.25, 0.3) is 0 Å². The number of hydrogen-bond donors (Lipinski definition) is 1. The van der Waals surface area contributed by atoms with Crippen LogP contribution >= 0.6 is 0 Å². The van der Waals surface area contributed by atoms with Gasteiger partial charge in [0.25, 0.3) is 16.1 Å². The Morgan fingerprint density at radius 2 is 1.83 bits per heavy atom. The van der Waals surface area contributed by atoms with Gasteiger partial charge in [0.05, 0.1) is 49.8 Å². The summed E-state index contributed by atoms with van der Waals surface area (Å²) in [5.41, 5.74) is 0.335. The third kappa shape index (κ3) is 7.55. The summed E-state index contributed by atoms with van der Waals surface area (Å²) < 4.78 is 60.5. The van der Waals surface area contributed by atoms with Crippen LogP contribution in [0.15, 0.2) is 30.7 Å². The van der Waals surface area contributed by atoms with Crippen molar-refractivity contribution in [2.24, 2.45) is 5.41 Å². The molecule has 258 valence electrons. The highest BCUT2D eigenvalue weighted by atomic mass is 32.2. The number of nitrogens with one attached hydrogen (secondary N) is 1. The van der Waals surface area contributed by atoms with Crippen LogP contribution < -0.4 is 14.4 Å². The fourth-order valence-electron chi connectivity index (χ4n) is 7.13. The Morgan fingerprint density at radius 3 is 2.49 bits per heavy atom. The van der Waals surface area contributed by atoms with Crippen molar-refractivity contribution in [3.05, 3.63) is 42.1 Å². The smallest absolute Gasteiger partial charge is 0.279 e. The molecule has 15 heteroatoms. The number of nitrogens with zero attached hydrogens (tertiary/aromatic N) is 6. The molecule has 0 bridgehead atoms. The molecular weight excluding hydrogens is 629 g/mol. The number of amides is 1. The second-order valence-electron chi connectivity index (χ2n) is 13.7. The van der Waals surface area contributed by atoms with Crippen LogP contribution in [0.5, 0.6) is 11.5 Å². The van der Waals surface area contributed by atoms with Crippen LogP contribution in [-0.4, -0.2) is 129 Å². The second-order valence-corrected chi connectivity index (χ2v) is 15.6. The van der Waals surface area contributed by atoms with Crippen molar-refractivity contribution in [2.75, 3.05) is 71.5 Å². The van der Waals surface area contributed by atoms with Gasteiger partial charge < -0.3 is 28.9 Å². The molecule has 4 aliphatic heterocycles. The van der Waals surface area contributed by atoms with Crippen molar-refractivity contribution in [3.8, 4) is 11.5 Å². The highest BCUT2D eigenvalue weighted by molar-refractivity contribution is 7.87. The minimum atomic E-state index is -3.47. The van der Waals surface area contributed by atoms with Gasteiger partial charge in [-0.15, -0.1) is 0 Å². The Hall–Kier alpha value is -2.95. The molecule has 1 amide bonds. The molecule has 1 spiro atoms. The summed E-state index contributed by atoms with van der Waals surface area (Å²) in [6.07, 6.45) is 6.86. The van der Waals surface area contributed by atoms with Crippen molar-refractivity contribution in [1.29, 1.82) is 0 Å². The summed E-state index contributed by atoms with van der Waals surface area (Å²) in [5.74, 6) is 0.515. The Bertz CT molecular complexity index is 1510. The van der Waals surface area contributed by atoms with Crippen LogP contribution in [0.2, 0.25) is 0 Å². The van der Waals surface area contributed by atoms with Gasteiger partial charge in [0.15, 0.2) is 11.6 Å². The maximum atomic E-state index is 14.4. The van der Waals surface area contributed by atoms with Gasteiger partial charge in [-0.1, -0.05) is 0 Å². The zero-order valence-corrected chi connectivity index (χ0v) is 28.4. The van der Waals surface area contributed by atoms with E-state index in [-0.39, 0.29) is 46.9 Å². The lowest BCUT2D eigenvalue weighted by atomic mass is 9.72. The minimum Gasteiger partial charge on any atom is -0.451 e. The molecule has 4 aliphatic rings. The maximum absolute atomic E-state index is 14.4. The number of hydrogen-bond acceptors (Lipinski definition) is 10. The number of ether oxygens (including phenoxy) is 3. The van der Waals surface area contributed by atoms with Gasteiger partial charge in [-0.05, 0) is 70.8 Å². The highest BCUT2D eigenvalue weighted by Gasteiger charge is 2.46. The molecule has 0 radical (unpaired) electrons. The number of aromatic nitrogens is 2. The summed E-state index contributed by atoms with van der Waals surface area (Å²) in [6, 6.07) is 3.50. The number of benzene rings is 1. The molecule has 0 aliphatic carbocycles. The van der Waals surface area contributed by atoms with Gasteiger partial charge in [-0.3, -0.25) is 4.79 Å². The Morgan fingerprint density at radius 1 is 1.11 bits per heavy atom. The summed E-state index contributed by atoms with van der Waals surface area (Å²) in [5, 5.41) is 0. The standard InChI is InChI=1S/C32H46FN7O6S/c1-22-16-44-17-23(2)40(22)31(41)27-13-24(33)5-8-28(27)46-29-14-34-21-35-30(29)39-19-32(20-39)9-11-38(12-10-32)15-26-7-6-25(18-45-26)36-47(42,43)37(3)4/h5,8,13-14,21-23,25-26,36H,6-7,9-12,15-20H2,1-4H3/t22-,23+,25-,26+/m1/s1. The number of morpholine rings is 1. The van der Waals surface area contributed by atoms with Crippen molar-refractivity contribution >= 4 is 21.9 Å². The fraction of sp³-hybridized carbons (Fsp3) is 0.656. The predicted octanol–water partition coefficient (Wildman–Crippen LogP) is 2.50. The van der Waals surface area contributed by atoms with Crippen LogP contribution in [0.1, 0.15) is 49.9 Å². The van der Waals surface area contributed by atoms with E-state index >= 15 is 0 Å². The van der Waals surface area contributed by atoms with E-state index in [2.05, 4.69) is 24.5 Å². The second kappa shape index (κ2) is 13.9. The van der Waals surface area contributed by atoms with Crippen molar-refractivity contribution in [3.63, 3.8) is 0 Å². The lowest BCUT2D eigenvalue weighted by Crippen LogP contribution is -2.61. The molecule has 4 saturated heterocycles. The lowest BCUT2D eigenvalue weighted by molar-refractivity contribution is -0.0300. The van der Waals surface area contributed by atoms with E-state index in [1.165, 1.54) is 42.9 Å². The summed E-state index contributed by atoms with van der Waals surface area (Å²) >= 11 is 0. The van der Waals surface area contributed by atoms with Gasteiger partial charge in [-0.2, -0.15) is 17.4 Å². The maximum Gasteiger partial charge on any atom is 0.279 e. The number of likely N-dealkylation sites (tertiary alicyclic amines) is 1. The van der Waals surface area contributed by atoms with Crippen LogP contribution in [0.3, 0.4) is 0 Å². The summed E-state index contributed by atoms with van der Waals surface area (Å²) in [6.45, 7) is 9.51. The van der Waals surface area contributed by atoms with Crippen LogP contribution in [-0.2, 0) is 19.7 Å². The van der Waals surface area contributed by atoms with E-state index in [4.69, 9.17) is 14.2 Å². The largest absolute Gasteiger partial charge is 0.451 e. The molecule has 4 fully saturated rings. The van der Waals surface area contributed by atoms with Crippen LogP contribution in [0, 0.1) is 11.2 Å². The molecule has 5 heterocycles. The molecule has 2 aromatic rings. The fourth-order valence-corrected chi connectivity index (χ4v) is 7.94. The topological polar surface area (TPSA) is 130 Å². The molecular formula is C32H46FN7O6S. The Balaban J connectivity index is 1.03. The molecule has 1 aromatic carbocycles. The SMILES string of the molecule is C[C@@H]1COC[C@H](C)N1C(=O)c1cc(F)ccc1Oc1cncnc1N1CC2(CCN(C[C@@H]3CC[C@@H](NS(=O)(=O)N(C)C)CO3)CC2)C1. The molecule has 47 heavy (non-hydrogen) atoms. The molecule has 13 nitrogen and oxygen atoms in total. The molecule has 6 rings (SSSR count). The third-order valence-corrected chi connectivity index (χ3v) is 11.4. The summed E-state index contributed by atoms with van der Waals surface area (Å²) in [4.78, 5) is 28.7. The lowest BCUT2D eigenvalue weighted by Gasteiger charge is -2.54. The molecule has 4 atom stereocenters. The quantitative estimate of drug-likeness (QED) is 0.424. The average molecular weight is 676 g/mol. The number of piperidine rings is 1. The molecule has 0 unspecified atom stereocenters. The number of rotatable bonds is 9. The van der Waals surface area contributed by atoms with Crippen LogP contribution in [0.4, 0.5) is 10.2 Å². The van der Waals surface area contributed by atoms with E-state index in [1.54, 1.807) is 11.1 Å². The average Bonchev–Trinajstić information content (AvgIpc) is 3.02. The van der Waals surface area contributed by atoms with Crippen molar-refractivity contribution in [2.45, 2.75) is 63.8 Å². The zero-order chi connectivity index (χ0) is 33.3. The third-order valence-electron chi connectivity index (χ3n) is 9.85. The normalized spacial score (nSPS) is 26.8. The molecule has 0 saturated carbocycles. The van der Waals surface area contributed by atoms with E-state index in [1.807, 2.05) is 13.8 Å². The van der Waals surface area contributed by atoms with E-state index in [9.17, 15) is 17.6 Å². The number of carbonyl (C=O) groups excluding carboxylic acids is 1. The first kappa shape index (κ1) is 33.9. The van der Waals surface area contributed by atoms with E-state index < -0.39 is 16.0 Å². The predicted molar refractivity (Wildman–Crippen MR) is 173 cm³/mol.